The van der Waals surface area contributed by atoms with E-state index in [0.29, 0.717) is 0 Å². The molecule has 0 spiro atoms. The summed E-state index contributed by atoms with van der Waals surface area (Å²) in [5, 5.41) is 11.8. The van der Waals surface area contributed by atoms with Gasteiger partial charge in [-0.15, -0.1) is 0 Å². The Hall–Kier alpha value is -2.11. The van der Waals surface area contributed by atoms with Crippen molar-refractivity contribution in [3.8, 4) is 0 Å². The molecule has 2 unspecified atom stereocenters. The summed E-state index contributed by atoms with van der Waals surface area (Å²) < 4.78 is 18.4. The Labute approximate surface area is 103 Å². The van der Waals surface area contributed by atoms with Crippen LogP contribution in [0.3, 0.4) is 0 Å². The molecule has 2 atom stereocenters. The third-order valence-electron chi connectivity index (χ3n) is 2.16. The van der Waals surface area contributed by atoms with Crippen LogP contribution in [-0.2, 0) is 16.1 Å². The van der Waals surface area contributed by atoms with Gasteiger partial charge in [-0.3, -0.25) is 0 Å². The van der Waals surface area contributed by atoms with Crippen LogP contribution in [0.15, 0.2) is 35.4 Å². The van der Waals surface area contributed by atoms with E-state index in [0.717, 1.165) is 5.56 Å². The lowest BCUT2D eigenvalue weighted by molar-refractivity contribution is -0.155. The third-order valence-corrected chi connectivity index (χ3v) is 2.16. The molecule has 0 radical (unpaired) electrons. The number of rotatable bonds is 7. The average molecular weight is 253 g/mol. The number of aliphatic carboxylic acids is 1. The molecular weight excluding hydrogens is 241 g/mol. The maximum Gasteiger partial charge on any atom is 0.335 e. The molecule has 1 rings (SSSR count). The fraction of sp³-hybridized carbons (Fsp3) is 0.364. The average Bonchev–Trinajstić information content (AvgIpc) is 2.37. The highest BCUT2D eigenvalue weighted by atomic mass is 19.1. The minimum absolute atomic E-state index is 0.0194. The molecule has 0 aliphatic heterocycles. The van der Waals surface area contributed by atoms with Gasteiger partial charge in [0.1, 0.15) is 6.17 Å². The van der Waals surface area contributed by atoms with E-state index < -0.39 is 24.8 Å². The van der Waals surface area contributed by atoms with Crippen LogP contribution < -0.4 is 0 Å². The van der Waals surface area contributed by atoms with E-state index in [9.17, 15) is 9.18 Å². The van der Waals surface area contributed by atoms with Crippen LogP contribution in [0.4, 0.5) is 4.39 Å². The lowest BCUT2D eigenvalue weighted by Crippen LogP contribution is -2.35. The summed E-state index contributed by atoms with van der Waals surface area (Å²) in [5.41, 5.74) is 8.78. The van der Waals surface area contributed by atoms with Gasteiger partial charge in [-0.25, -0.2) is 9.18 Å². The van der Waals surface area contributed by atoms with Gasteiger partial charge in [-0.05, 0) is 11.1 Å². The molecule has 0 fully saturated rings. The van der Waals surface area contributed by atoms with Crippen molar-refractivity contribution in [3.05, 3.63) is 46.3 Å². The van der Waals surface area contributed by atoms with Crippen LogP contribution in [0.5, 0.6) is 0 Å². The van der Waals surface area contributed by atoms with Crippen molar-refractivity contribution in [2.24, 2.45) is 5.11 Å². The molecule has 0 saturated heterocycles. The van der Waals surface area contributed by atoms with Gasteiger partial charge in [0.2, 0.25) is 0 Å². The van der Waals surface area contributed by atoms with Crippen LogP contribution in [0.25, 0.3) is 10.4 Å². The van der Waals surface area contributed by atoms with Crippen LogP contribution >= 0.6 is 0 Å². The molecule has 1 N–H and O–H groups in total. The van der Waals surface area contributed by atoms with Crippen molar-refractivity contribution in [2.45, 2.75) is 18.9 Å². The molecular formula is C11H12FN3O3. The molecule has 96 valence electrons. The minimum atomic E-state index is -1.87. The first kappa shape index (κ1) is 14.0. The maximum absolute atomic E-state index is 13.4. The number of hydrogen-bond acceptors (Lipinski definition) is 3. The van der Waals surface area contributed by atoms with Crippen LogP contribution in [0.2, 0.25) is 0 Å². The van der Waals surface area contributed by atoms with E-state index in [1.54, 1.807) is 30.3 Å². The summed E-state index contributed by atoms with van der Waals surface area (Å²) in [6.07, 6.45) is -3.52. The smallest absolute Gasteiger partial charge is 0.335 e. The largest absolute Gasteiger partial charge is 0.479 e. The highest BCUT2D eigenvalue weighted by Crippen LogP contribution is 2.10. The lowest BCUT2D eigenvalue weighted by atomic mass is 10.2. The van der Waals surface area contributed by atoms with Crippen molar-refractivity contribution >= 4 is 5.97 Å². The Morgan fingerprint density at radius 3 is 2.72 bits per heavy atom. The fourth-order valence-electron chi connectivity index (χ4n) is 1.30. The molecule has 0 aliphatic carbocycles. The Balaban J connectivity index is 2.58. The summed E-state index contributed by atoms with van der Waals surface area (Å²) in [7, 11) is 0. The Morgan fingerprint density at radius 1 is 1.50 bits per heavy atom. The first-order valence-electron chi connectivity index (χ1n) is 5.18. The van der Waals surface area contributed by atoms with Gasteiger partial charge in [0.25, 0.3) is 0 Å². The zero-order valence-corrected chi connectivity index (χ0v) is 9.44. The lowest BCUT2D eigenvalue weighted by Gasteiger charge is -2.16. The zero-order valence-electron chi connectivity index (χ0n) is 9.44. The van der Waals surface area contributed by atoms with Gasteiger partial charge in [0.05, 0.1) is 13.2 Å². The monoisotopic (exact) mass is 253 g/mol. The number of halogens is 1. The van der Waals surface area contributed by atoms with E-state index in [1.807, 2.05) is 0 Å². The van der Waals surface area contributed by atoms with Crippen molar-refractivity contribution in [2.75, 3.05) is 6.54 Å². The molecule has 0 aliphatic rings. The molecule has 18 heavy (non-hydrogen) atoms. The predicted octanol–water partition coefficient (Wildman–Crippen LogP) is 2.30. The highest BCUT2D eigenvalue weighted by molar-refractivity contribution is 5.73. The molecule has 0 aromatic heterocycles. The van der Waals surface area contributed by atoms with Crippen molar-refractivity contribution in [1.29, 1.82) is 0 Å². The second kappa shape index (κ2) is 7.26. The van der Waals surface area contributed by atoms with E-state index in [-0.39, 0.29) is 6.61 Å². The standard InChI is InChI=1S/C11H12FN3O3/c12-9(6-14-15-13)10(11(16)17)18-7-8-4-2-1-3-5-8/h1-5,9-10H,6-7H2,(H,16,17). The van der Waals surface area contributed by atoms with Crippen LogP contribution in [-0.4, -0.2) is 29.9 Å². The van der Waals surface area contributed by atoms with E-state index in [1.165, 1.54) is 0 Å². The van der Waals surface area contributed by atoms with Gasteiger partial charge in [0, 0.05) is 4.91 Å². The third kappa shape index (κ3) is 4.40. The van der Waals surface area contributed by atoms with E-state index in [2.05, 4.69) is 10.0 Å². The number of carboxylic acids is 1. The number of nitrogens with zero attached hydrogens (tertiary/aromatic N) is 3. The van der Waals surface area contributed by atoms with Gasteiger partial charge < -0.3 is 9.84 Å². The molecule has 1 aromatic rings. The molecule has 0 bridgehead atoms. The number of alkyl halides is 1. The number of carbonyl (C=O) groups is 1. The summed E-state index contributed by atoms with van der Waals surface area (Å²) in [6, 6.07) is 8.81. The summed E-state index contributed by atoms with van der Waals surface area (Å²) in [5.74, 6) is -1.42. The Bertz CT molecular complexity index is 434. The fourth-order valence-corrected chi connectivity index (χ4v) is 1.30. The number of azide groups is 1. The quantitative estimate of drug-likeness (QED) is 0.458. The second-order valence-electron chi connectivity index (χ2n) is 3.48. The van der Waals surface area contributed by atoms with E-state index in [4.69, 9.17) is 15.4 Å². The summed E-state index contributed by atoms with van der Waals surface area (Å²) in [6.45, 7) is -0.587. The molecule has 1 aromatic carbocycles. The molecule has 6 nitrogen and oxygen atoms in total. The molecule has 7 heteroatoms. The number of carboxylic acid groups (broad SMARTS) is 1. The zero-order chi connectivity index (χ0) is 13.4. The Kier molecular flexibility index (Phi) is 5.63. The number of hydrogen-bond donors (Lipinski definition) is 1. The van der Waals surface area contributed by atoms with Crippen LogP contribution in [0.1, 0.15) is 5.56 Å². The SMILES string of the molecule is [N-]=[N+]=NCC(F)C(OCc1ccccc1)C(=O)O. The molecule has 0 heterocycles. The maximum atomic E-state index is 13.4. The minimum Gasteiger partial charge on any atom is -0.479 e. The van der Waals surface area contributed by atoms with Crippen molar-refractivity contribution in [3.63, 3.8) is 0 Å². The van der Waals surface area contributed by atoms with Gasteiger partial charge >= 0.3 is 5.97 Å². The highest BCUT2D eigenvalue weighted by Gasteiger charge is 2.28. The van der Waals surface area contributed by atoms with Crippen molar-refractivity contribution in [1.82, 2.24) is 0 Å². The number of ether oxygens (including phenoxy) is 1. The van der Waals surface area contributed by atoms with Gasteiger partial charge in [-0.1, -0.05) is 35.4 Å². The van der Waals surface area contributed by atoms with Gasteiger partial charge in [-0.2, -0.15) is 0 Å². The summed E-state index contributed by atoms with van der Waals surface area (Å²) >= 11 is 0. The Morgan fingerprint density at radius 2 is 2.17 bits per heavy atom. The first-order valence-corrected chi connectivity index (χ1v) is 5.18. The van der Waals surface area contributed by atoms with Crippen LogP contribution in [0, 0.1) is 0 Å². The second-order valence-corrected chi connectivity index (χ2v) is 3.48. The predicted molar refractivity (Wildman–Crippen MR) is 61.6 cm³/mol. The molecule has 0 amide bonds. The van der Waals surface area contributed by atoms with Gasteiger partial charge in [0.15, 0.2) is 6.10 Å². The first-order chi connectivity index (χ1) is 8.65. The summed E-state index contributed by atoms with van der Waals surface area (Å²) in [4.78, 5) is 13.2. The number of benzene rings is 1. The molecule has 0 saturated carbocycles. The van der Waals surface area contributed by atoms with Crippen molar-refractivity contribution < 1.29 is 19.0 Å². The van der Waals surface area contributed by atoms with E-state index >= 15 is 0 Å². The normalized spacial score (nSPS) is 13.4. The topological polar surface area (TPSA) is 95.3 Å².